The summed E-state index contributed by atoms with van der Waals surface area (Å²) in [5, 5.41) is 0.302. The van der Waals surface area contributed by atoms with Gasteiger partial charge in [-0.1, -0.05) is 65.9 Å². The number of esters is 1. The van der Waals surface area contributed by atoms with E-state index < -0.39 is 0 Å². The van der Waals surface area contributed by atoms with Crippen molar-refractivity contribution in [2.45, 2.75) is 97.1 Å². The molecular weight excluding hydrogens is 339 g/mol. The van der Waals surface area contributed by atoms with Crippen molar-refractivity contribution in [3.05, 3.63) is 12.2 Å². The van der Waals surface area contributed by atoms with Crippen LogP contribution < -0.4 is 0 Å². The van der Waals surface area contributed by atoms with E-state index in [1.54, 1.807) is 6.92 Å². The van der Waals surface area contributed by atoms with Gasteiger partial charge in [0.2, 0.25) is 0 Å². The van der Waals surface area contributed by atoms with Gasteiger partial charge in [0.05, 0.1) is 6.61 Å². The molecule has 0 spiro atoms. The standard InChI is InChI=1S/C20H39O2P.ClH/c1-6-9-12-18(13-16-22-19(21)17(4)5)20(23,14-10-7-2)15-11-8-3;/h18H,4,6-16,23H2,1-3,5H3;1H. The predicted molar refractivity (Wildman–Crippen MR) is 112 cm³/mol. The highest BCUT2D eigenvalue weighted by Gasteiger charge is 2.32. The molecule has 144 valence electrons. The van der Waals surface area contributed by atoms with Gasteiger partial charge in [0.25, 0.3) is 0 Å². The molecular formula is C20H40ClO2P. The van der Waals surface area contributed by atoms with Crippen LogP contribution in [0.1, 0.15) is 91.9 Å². The Bertz CT molecular complexity index is 337. The molecule has 0 saturated heterocycles. The zero-order valence-corrected chi connectivity index (χ0v) is 18.3. The lowest BCUT2D eigenvalue weighted by atomic mass is 9.78. The SMILES string of the molecule is C=C(C)C(=O)OCCC(CCCC)C(P)(CCCC)CCCC.Cl. The highest BCUT2D eigenvalue weighted by atomic mass is 35.5. The summed E-state index contributed by atoms with van der Waals surface area (Å²) < 4.78 is 5.37. The fourth-order valence-electron chi connectivity index (χ4n) is 3.13. The third kappa shape index (κ3) is 10.7. The van der Waals surface area contributed by atoms with Crippen LogP contribution in [0, 0.1) is 5.92 Å². The van der Waals surface area contributed by atoms with E-state index >= 15 is 0 Å². The van der Waals surface area contributed by atoms with Crippen molar-refractivity contribution in [1.82, 2.24) is 0 Å². The first kappa shape index (κ1) is 26.2. The van der Waals surface area contributed by atoms with Gasteiger partial charge in [0, 0.05) is 5.57 Å². The zero-order chi connectivity index (χ0) is 17.7. The molecule has 0 fully saturated rings. The van der Waals surface area contributed by atoms with Crippen molar-refractivity contribution in [1.29, 1.82) is 0 Å². The maximum Gasteiger partial charge on any atom is 0.333 e. The number of unbranched alkanes of at least 4 members (excludes halogenated alkanes) is 3. The first-order valence-corrected chi connectivity index (χ1v) is 10.1. The lowest BCUT2D eigenvalue weighted by Crippen LogP contribution is -2.33. The van der Waals surface area contributed by atoms with E-state index in [2.05, 4.69) is 36.6 Å². The van der Waals surface area contributed by atoms with Gasteiger partial charge in [-0.25, -0.2) is 4.79 Å². The van der Waals surface area contributed by atoms with Crippen LogP contribution in [0.5, 0.6) is 0 Å². The maximum absolute atomic E-state index is 11.6. The molecule has 0 bridgehead atoms. The smallest absolute Gasteiger partial charge is 0.333 e. The molecule has 0 aliphatic carbocycles. The molecule has 0 aliphatic heterocycles. The summed E-state index contributed by atoms with van der Waals surface area (Å²) in [5.74, 6) is 0.360. The van der Waals surface area contributed by atoms with Crippen molar-refractivity contribution in [3.8, 4) is 0 Å². The summed E-state index contributed by atoms with van der Waals surface area (Å²) in [7, 11) is 3.21. The van der Waals surface area contributed by atoms with Crippen LogP contribution in [-0.4, -0.2) is 17.7 Å². The first-order chi connectivity index (χ1) is 10.9. The summed E-state index contributed by atoms with van der Waals surface area (Å²) >= 11 is 0. The molecule has 0 N–H and O–H groups in total. The lowest BCUT2D eigenvalue weighted by molar-refractivity contribution is -0.139. The van der Waals surface area contributed by atoms with E-state index in [1.807, 2.05) is 0 Å². The Morgan fingerprint density at radius 1 is 1.04 bits per heavy atom. The Morgan fingerprint density at radius 3 is 1.96 bits per heavy atom. The van der Waals surface area contributed by atoms with Gasteiger partial charge in [-0.15, -0.1) is 21.6 Å². The Labute approximate surface area is 159 Å². The summed E-state index contributed by atoms with van der Waals surface area (Å²) in [5.41, 5.74) is 0.490. The minimum Gasteiger partial charge on any atom is -0.462 e. The number of hydrogen-bond acceptors (Lipinski definition) is 2. The summed E-state index contributed by atoms with van der Waals surface area (Å²) in [4.78, 5) is 11.6. The topological polar surface area (TPSA) is 26.3 Å². The normalized spacial score (nSPS) is 12.4. The molecule has 0 aliphatic rings. The van der Waals surface area contributed by atoms with Gasteiger partial charge >= 0.3 is 5.97 Å². The third-order valence-corrected chi connectivity index (χ3v) is 5.81. The maximum atomic E-state index is 11.6. The van der Waals surface area contributed by atoms with E-state index in [0.29, 0.717) is 23.3 Å². The molecule has 0 aromatic carbocycles. The van der Waals surface area contributed by atoms with Gasteiger partial charge in [0.15, 0.2) is 0 Å². The van der Waals surface area contributed by atoms with Crippen LogP contribution >= 0.6 is 21.6 Å². The molecule has 0 rings (SSSR count). The molecule has 2 unspecified atom stereocenters. The Balaban J connectivity index is 0. The summed E-state index contributed by atoms with van der Waals surface area (Å²) in [6, 6.07) is 0. The van der Waals surface area contributed by atoms with Crippen LogP contribution in [0.2, 0.25) is 0 Å². The second-order valence-corrected chi connectivity index (χ2v) is 8.13. The van der Waals surface area contributed by atoms with Gasteiger partial charge < -0.3 is 4.74 Å². The Hall–Kier alpha value is -0.0700. The van der Waals surface area contributed by atoms with Crippen LogP contribution in [-0.2, 0) is 9.53 Å². The highest BCUT2D eigenvalue weighted by Crippen LogP contribution is 2.42. The average molecular weight is 379 g/mol. The number of hydrogen-bond donors (Lipinski definition) is 0. The number of halogens is 1. The van der Waals surface area contributed by atoms with E-state index in [4.69, 9.17) is 4.74 Å². The quantitative estimate of drug-likeness (QED) is 0.190. The summed E-state index contributed by atoms with van der Waals surface area (Å²) in [6.45, 7) is 12.7. The van der Waals surface area contributed by atoms with Crippen LogP contribution in [0.25, 0.3) is 0 Å². The van der Waals surface area contributed by atoms with Crippen molar-refractivity contribution < 1.29 is 9.53 Å². The monoisotopic (exact) mass is 378 g/mol. The molecule has 0 amide bonds. The van der Waals surface area contributed by atoms with Gasteiger partial charge in [-0.05, 0) is 43.7 Å². The van der Waals surface area contributed by atoms with Crippen LogP contribution in [0.3, 0.4) is 0 Å². The van der Waals surface area contributed by atoms with E-state index in [9.17, 15) is 4.79 Å². The average Bonchev–Trinajstić information content (AvgIpc) is 2.53. The predicted octanol–water partition coefficient (Wildman–Crippen LogP) is 6.72. The van der Waals surface area contributed by atoms with Gasteiger partial charge in [-0.3, -0.25) is 0 Å². The fraction of sp³-hybridized carbons (Fsp3) is 0.850. The molecule has 24 heavy (non-hydrogen) atoms. The number of carbonyl (C=O) groups excluding carboxylic acids is 1. The zero-order valence-electron chi connectivity index (χ0n) is 16.4. The van der Waals surface area contributed by atoms with Crippen molar-refractivity contribution in [2.75, 3.05) is 6.61 Å². The van der Waals surface area contributed by atoms with Crippen LogP contribution in [0.15, 0.2) is 12.2 Å². The second-order valence-electron chi connectivity index (χ2n) is 6.98. The first-order valence-electron chi connectivity index (χ1n) is 9.52. The largest absolute Gasteiger partial charge is 0.462 e. The van der Waals surface area contributed by atoms with Crippen molar-refractivity contribution in [3.63, 3.8) is 0 Å². The molecule has 2 atom stereocenters. The van der Waals surface area contributed by atoms with Gasteiger partial charge in [0.1, 0.15) is 0 Å². The Morgan fingerprint density at radius 2 is 1.54 bits per heavy atom. The number of carbonyl (C=O) groups is 1. The molecule has 4 heteroatoms. The van der Waals surface area contributed by atoms with E-state index in [-0.39, 0.29) is 18.4 Å². The summed E-state index contributed by atoms with van der Waals surface area (Å²) in [6.07, 6.45) is 12.3. The molecule has 0 saturated carbocycles. The number of rotatable bonds is 14. The fourth-order valence-corrected chi connectivity index (χ4v) is 3.87. The molecule has 2 nitrogen and oxygen atoms in total. The molecule has 0 heterocycles. The van der Waals surface area contributed by atoms with Crippen molar-refractivity contribution >= 4 is 27.6 Å². The number of ether oxygens (including phenoxy) is 1. The lowest BCUT2D eigenvalue weighted by Gasteiger charge is -2.38. The molecule has 0 radical (unpaired) electrons. The second kappa shape index (κ2) is 15.2. The highest BCUT2D eigenvalue weighted by molar-refractivity contribution is 7.19. The van der Waals surface area contributed by atoms with E-state index in [0.717, 1.165) is 6.42 Å². The minimum absolute atomic E-state index is 0. The van der Waals surface area contributed by atoms with Crippen molar-refractivity contribution in [2.24, 2.45) is 5.92 Å². The van der Waals surface area contributed by atoms with Crippen LogP contribution in [0.4, 0.5) is 0 Å². The van der Waals surface area contributed by atoms with E-state index in [1.165, 1.54) is 57.8 Å². The Kier molecular flexibility index (Phi) is 16.6. The van der Waals surface area contributed by atoms with Gasteiger partial charge in [-0.2, -0.15) is 0 Å². The molecule has 0 aromatic heterocycles. The molecule has 0 aromatic rings. The third-order valence-electron chi connectivity index (χ3n) is 4.76. The minimum atomic E-state index is -0.254.